The van der Waals surface area contributed by atoms with E-state index >= 15 is 0 Å². The van der Waals surface area contributed by atoms with Crippen LogP contribution in [0.15, 0.2) is 33.4 Å². The zero-order valence-corrected chi connectivity index (χ0v) is 9.21. The zero-order valence-electron chi connectivity index (χ0n) is 7.62. The van der Waals surface area contributed by atoms with Crippen LogP contribution in [0.3, 0.4) is 0 Å². The molecule has 0 radical (unpaired) electrons. The Hall–Kier alpha value is -1.29. The fraction of sp³-hybridized carbons (Fsp3) is 0.100. The Bertz CT molecular complexity index is 465. The summed E-state index contributed by atoms with van der Waals surface area (Å²) in [5, 5.41) is 3.65. The summed E-state index contributed by atoms with van der Waals surface area (Å²) in [4.78, 5) is 0. The van der Waals surface area contributed by atoms with E-state index in [4.69, 9.17) is 10.3 Å². The molecule has 2 rings (SSSR count). The van der Waals surface area contributed by atoms with Gasteiger partial charge in [-0.15, -0.1) is 0 Å². The van der Waals surface area contributed by atoms with Crippen molar-refractivity contribution in [3.63, 3.8) is 0 Å². The number of hydrogen-bond acceptors (Lipinski definition) is 3. The van der Waals surface area contributed by atoms with Crippen molar-refractivity contribution in [2.75, 3.05) is 5.73 Å². The van der Waals surface area contributed by atoms with Crippen molar-refractivity contribution in [1.29, 1.82) is 0 Å². The van der Waals surface area contributed by atoms with E-state index in [9.17, 15) is 0 Å². The molecule has 0 fully saturated rings. The number of halogens is 1. The van der Waals surface area contributed by atoms with Crippen LogP contribution in [-0.2, 0) is 0 Å². The lowest BCUT2D eigenvalue weighted by molar-refractivity contribution is 0.432. The van der Waals surface area contributed by atoms with E-state index in [-0.39, 0.29) is 0 Å². The van der Waals surface area contributed by atoms with E-state index in [1.807, 2.05) is 25.1 Å². The van der Waals surface area contributed by atoms with Gasteiger partial charge in [0.15, 0.2) is 5.76 Å². The molecule has 0 aliphatic heterocycles. The fourth-order valence-corrected chi connectivity index (χ4v) is 1.65. The van der Waals surface area contributed by atoms with Crippen LogP contribution in [0.25, 0.3) is 11.3 Å². The molecule has 1 heterocycles. The second kappa shape index (κ2) is 3.46. The maximum Gasteiger partial charge on any atom is 0.190 e. The zero-order chi connectivity index (χ0) is 10.1. The van der Waals surface area contributed by atoms with Gasteiger partial charge in [0.1, 0.15) is 5.69 Å². The van der Waals surface area contributed by atoms with Gasteiger partial charge in [0, 0.05) is 10.0 Å². The Morgan fingerprint density at radius 2 is 2.21 bits per heavy atom. The highest BCUT2D eigenvalue weighted by atomic mass is 79.9. The predicted octanol–water partition coefficient (Wildman–Crippen LogP) is 2.99. The van der Waals surface area contributed by atoms with Crippen molar-refractivity contribution in [2.24, 2.45) is 0 Å². The number of benzene rings is 1. The van der Waals surface area contributed by atoms with Crippen molar-refractivity contribution in [2.45, 2.75) is 6.92 Å². The number of aromatic nitrogens is 1. The molecule has 0 unspecified atom stereocenters. The molecule has 0 aliphatic rings. The number of nitrogen functional groups attached to an aromatic ring is 1. The van der Waals surface area contributed by atoms with E-state index in [2.05, 4.69) is 21.1 Å². The van der Waals surface area contributed by atoms with Crippen molar-refractivity contribution in [3.05, 3.63) is 34.4 Å². The molecule has 3 nitrogen and oxygen atoms in total. The molecule has 0 spiro atoms. The van der Waals surface area contributed by atoms with Crippen molar-refractivity contribution in [1.82, 2.24) is 5.16 Å². The van der Waals surface area contributed by atoms with Crippen LogP contribution in [0.5, 0.6) is 0 Å². The molecule has 1 aromatic carbocycles. The number of anilines is 1. The van der Waals surface area contributed by atoms with Crippen LogP contribution in [-0.4, -0.2) is 5.16 Å². The van der Waals surface area contributed by atoms with Crippen LogP contribution >= 0.6 is 15.9 Å². The maximum atomic E-state index is 5.72. The first-order valence-electron chi connectivity index (χ1n) is 4.15. The highest BCUT2D eigenvalue weighted by Crippen LogP contribution is 2.30. The average molecular weight is 253 g/mol. The van der Waals surface area contributed by atoms with Gasteiger partial charge in [0.05, 0.1) is 6.20 Å². The molecule has 0 saturated heterocycles. The molecular formula is C10H9BrN2O. The second-order valence-electron chi connectivity index (χ2n) is 3.07. The number of nitrogens with zero attached hydrogens (tertiary/aromatic N) is 1. The minimum Gasteiger partial charge on any atom is -0.394 e. The van der Waals surface area contributed by atoms with Gasteiger partial charge < -0.3 is 10.3 Å². The summed E-state index contributed by atoms with van der Waals surface area (Å²) in [5.74, 6) is 0.629. The number of hydrogen-bond donors (Lipinski definition) is 1. The van der Waals surface area contributed by atoms with Crippen LogP contribution < -0.4 is 5.73 Å². The standard InChI is InChI=1S/C10H9BrN2O/c1-6-2-3-7(11)4-8(6)10-9(12)5-13-14-10/h2-5H,12H2,1H3. The lowest BCUT2D eigenvalue weighted by Crippen LogP contribution is -1.87. The molecule has 0 atom stereocenters. The normalized spacial score (nSPS) is 10.4. The van der Waals surface area contributed by atoms with Gasteiger partial charge in [-0.1, -0.05) is 27.2 Å². The van der Waals surface area contributed by atoms with Gasteiger partial charge in [0.2, 0.25) is 0 Å². The second-order valence-corrected chi connectivity index (χ2v) is 3.99. The molecule has 72 valence electrons. The molecule has 14 heavy (non-hydrogen) atoms. The monoisotopic (exact) mass is 252 g/mol. The highest BCUT2D eigenvalue weighted by molar-refractivity contribution is 9.10. The Balaban J connectivity index is 2.62. The Morgan fingerprint density at radius 1 is 1.43 bits per heavy atom. The van der Waals surface area contributed by atoms with Crippen LogP contribution in [0.4, 0.5) is 5.69 Å². The molecular weight excluding hydrogens is 244 g/mol. The minimum atomic E-state index is 0.561. The van der Waals surface area contributed by atoms with E-state index in [1.54, 1.807) is 0 Å². The molecule has 2 N–H and O–H groups in total. The highest BCUT2D eigenvalue weighted by Gasteiger charge is 2.10. The van der Waals surface area contributed by atoms with Gasteiger partial charge in [0.25, 0.3) is 0 Å². The summed E-state index contributed by atoms with van der Waals surface area (Å²) in [7, 11) is 0. The Labute approximate surface area is 90.0 Å². The largest absolute Gasteiger partial charge is 0.394 e. The van der Waals surface area contributed by atoms with Crippen molar-refractivity contribution < 1.29 is 4.52 Å². The summed E-state index contributed by atoms with van der Waals surface area (Å²) < 4.78 is 6.08. The van der Waals surface area contributed by atoms with E-state index in [0.29, 0.717) is 11.4 Å². The average Bonchev–Trinajstić information content (AvgIpc) is 2.56. The summed E-state index contributed by atoms with van der Waals surface area (Å²) in [6.07, 6.45) is 1.51. The lowest BCUT2D eigenvalue weighted by atomic mass is 10.1. The molecule has 0 bridgehead atoms. The minimum absolute atomic E-state index is 0.561. The first-order valence-corrected chi connectivity index (χ1v) is 4.94. The Kier molecular flexibility index (Phi) is 2.29. The van der Waals surface area contributed by atoms with Crippen LogP contribution in [0.2, 0.25) is 0 Å². The number of aryl methyl sites for hydroxylation is 1. The summed E-state index contributed by atoms with van der Waals surface area (Å²) in [6.45, 7) is 2.00. The van der Waals surface area contributed by atoms with Gasteiger partial charge in [-0.05, 0) is 24.6 Å². The quantitative estimate of drug-likeness (QED) is 0.849. The third kappa shape index (κ3) is 1.53. The first-order chi connectivity index (χ1) is 6.68. The van der Waals surface area contributed by atoms with Crippen LogP contribution in [0.1, 0.15) is 5.56 Å². The van der Waals surface area contributed by atoms with Crippen molar-refractivity contribution in [3.8, 4) is 11.3 Å². The molecule has 4 heteroatoms. The summed E-state index contributed by atoms with van der Waals surface area (Å²) >= 11 is 3.40. The lowest BCUT2D eigenvalue weighted by Gasteiger charge is -2.02. The maximum absolute atomic E-state index is 5.72. The van der Waals surface area contributed by atoms with E-state index in [1.165, 1.54) is 6.20 Å². The molecule has 0 saturated carbocycles. The fourth-order valence-electron chi connectivity index (χ4n) is 1.29. The van der Waals surface area contributed by atoms with E-state index in [0.717, 1.165) is 15.6 Å². The number of rotatable bonds is 1. The first kappa shape index (κ1) is 9.27. The molecule has 2 aromatic rings. The molecule has 1 aromatic heterocycles. The van der Waals surface area contributed by atoms with Crippen LogP contribution in [0, 0.1) is 6.92 Å². The number of nitrogens with two attached hydrogens (primary N) is 1. The van der Waals surface area contributed by atoms with E-state index < -0.39 is 0 Å². The smallest absolute Gasteiger partial charge is 0.190 e. The third-order valence-corrected chi connectivity index (χ3v) is 2.54. The third-order valence-electron chi connectivity index (χ3n) is 2.04. The Morgan fingerprint density at radius 3 is 2.86 bits per heavy atom. The van der Waals surface area contributed by atoms with Gasteiger partial charge in [-0.2, -0.15) is 0 Å². The topological polar surface area (TPSA) is 52.0 Å². The predicted molar refractivity (Wildman–Crippen MR) is 58.8 cm³/mol. The van der Waals surface area contributed by atoms with Crippen molar-refractivity contribution >= 4 is 21.6 Å². The molecule has 0 amide bonds. The van der Waals surface area contributed by atoms with Gasteiger partial charge in [-0.25, -0.2) is 0 Å². The van der Waals surface area contributed by atoms with Gasteiger partial charge in [-0.3, -0.25) is 0 Å². The SMILES string of the molecule is Cc1ccc(Br)cc1-c1oncc1N. The summed E-state index contributed by atoms with van der Waals surface area (Å²) in [5.41, 5.74) is 8.36. The van der Waals surface area contributed by atoms with Gasteiger partial charge >= 0.3 is 0 Å². The summed E-state index contributed by atoms with van der Waals surface area (Å²) in [6, 6.07) is 5.94. The molecule has 0 aliphatic carbocycles.